The molecule has 0 saturated heterocycles. The van der Waals surface area contributed by atoms with E-state index in [4.69, 9.17) is 5.73 Å². The molecule has 0 heterocycles. The summed E-state index contributed by atoms with van der Waals surface area (Å²) in [5.74, 6) is 1.35. The Morgan fingerprint density at radius 3 is 1.64 bits per heavy atom. The molecule has 0 aromatic heterocycles. The van der Waals surface area contributed by atoms with Crippen LogP contribution in [0, 0.1) is 0 Å². The molecule has 1 fully saturated rings. The van der Waals surface area contributed by atoms with Gasteiger partial charge in [-0.2, -0.15) is 0 Å². The minimum Gasteiger partial charge on any atom is -0.320 e. The minimum atomic E-state index is -0.0379. The van der Waals surface area contributed by atoms with Gasteiger partial charge in [0, 0.05) is 0 Å². The molecule has 0 amide bonds. The lowest BCUT2D eigenvalue weighted by atomic mass is 9.86. The van der Waals surface area contributed by atoms with E-state index in [9.17, 15) is 0 Å². The Labute approximate surface area is 172 Å². The van der Waals surface area contributed by atoms with Gasteiger partial charge >= 0.3 is 0 Å². The van der Waals surface area contributed by atoms with Gasteiger partial charge in [-0.3, -0.25) is 0 Å². The maximum Gasteiger partial charge on any atom is 0.0551 e. The second-order valence-electron chi connectivity index (χ2n) is 8.87. The first kappa shape index (κ1) is 21.1. The molecule has 1 aliphatic carbocycles. The van der Waals surface area contributed by atoms with E-state index in [0.717, 1.165) is 5.92 Å². The van der Waals surface area contributed by atoms with E-state index in [0.29, 0.717) is 5.92 Å². The average molecular weight is 378 g/mol. The molecule has 0 spiro atoms. The largest absolute Gasteiger partial charge is 0.320 e. The van der Waals surface area contributed by atoms with Crippen LogP contribution in [0.3, 0.4) is 0 Å². The van der Waals surface area contributed by atoms with Crippen LogP contribution < -0.4 is 5.73 Å². The summed E-state index contributed by atoms with van der Waals surface area (Å²) in [5.41, 5.74) is 11.9. The van der Waals surface area contributed by atoms with Crippen LogP contribution in [0.25, 0.3) is 0 Å². The zero-order valence-corrected chi connectivity index (χ0v) is 18.0. The van der Waals surface area contributed by atoms with Gasteiger partial charge in [-0.15, -0.1) is 0 Å². The molecule has 0 bridgehead atoms. The Morgan fingerprint density at radius 1 is 0.714 bits per heavy atom. The van der Waals surface area contributed by atoms with Gasteiger partial charge in [-0.05, 0) is 53.4 Å². The molecule has 1 heteroatoms. The lowest BCUT2D eigenvalue weighted by Crippen LogP contribution is -2.12. The standard InChI is InChI=1S/C27H39N/c1-3-21(2)22-13-17-25(18-14-22)27(28)26-19-15-24(16-20-26)23-11-9-7-5-4-6-8-10-12-23/h13-21,23,27H,3-12,28H2,1-2H3. The molecule has 1 nitrogen and oxygen atoms in total. The number of nitrogens with two attached hydrogens (primary N) is 1. The van der Waals surface area contributed by atoms with Crippen molar-refractivity contribution in [2.45, 2.75) is 95.9 Å². The first-order valence-corrected chi connectivity index (χ1v) is 11.6. The Morgan fingerprint density at radius 2 is 1.14 bits per heavy atom. The summed E-state index contributed by atoms with van der Waals surface area (Å²) in [5, 5.41) is 0. The van der Waals surface area contributed by atoms with Gasteiger partial charge in [0.05, 0.1) is 6.04 Å². The van der Waals surface area contributed by atoms with Crippen molar-refractivity contribution in [2.24, 2.45) is 5.73 Å². The lowest BCUT2D eigenvalue weighted by Gasteiger charge is -2.20. The number of hydrogen-bond donors (Lipinski definition) is 1. The molecule has 0 aliphatic heterocycles. The third-order valence-electron chi connectivity index (χ3n) is 6.85. The Kier molecular flexibility index (Phi) is 8.15. The summed E-state index contributed by atoms with van der Waals surface area (Å²) in [6.07, 6.45) is 13.8. The summed E-state index contributed by atoms with van der Waals surface area (Å²) < 4.78 is 0. The highest BCUT2D eigenvalue weighted by Crippen LogP contribution is 2.31. The van der Waals surface area contributed by atoms with Crippen LogP contribution in [-0.2, 0) is 0 Å². The number of benzene rings is 2. The third-order valence-corrected chi connectivity index (χ3v) is 6.85. The summed E-state index contributed by atoms with van der Waals surface area (Å²) in [7, 11) is 0. The Balaban J connectivity index is 1.66. The van der Waals surface area contributed by atoms with Gasteiger partial charge in [-0.25, -0.2) is 0 Å². The van der Waals surface area contributed by atoms with Gasteiger partial charge in [0.25, 0.3) is 0 Å². The molecule has 2 aromatic carbocycles. The van der Waals surface area contributed by atoms with Crippen LogP contribution in [0.15, 0.2) is 48.5 Å². The monoisotopic (exact) mass is 377 g/mol. The van der Waals surface area contributed by atoms with Gasteiger partial charge < -0.3 is 5.73 Å². The van der Waals surface area contributed by atoms with Crippen molar-refractivity contribution in [3.8, 4) is 0 Å². The van der Waals surface area contributed by atoms with Crippen molar-refractivity contribution in [3.05, 3.63) is 70.8 Å². The summed E-state index contributed by atoms with van der Waals surface area (Å²) in [6, 6.07) is 18.1. The van der Waals surface area contributed by atoms with E-state index in [2.05, 4.69) is 62.4 Å². The van der Waals surface area contributed by atoms with Crippen LogP contribution in [-0.4, -0.2) is 0 Å². The minimum absolute atomic E-state index is 0.0379. The number of hydrogen-bond acceptors (Lipinski definition) is 1. The van der Waals surface area contributed by atoms with Gasteiger partial charge in [-0.1, -0.05) is 107 Å². The molecule has 2 N–H and O–H groups in total. The second kappa shape index (κ2) is 10.8. The predicted octanol–water partition coefficient (Wildman–Crippen LogP) is 7.86. The van der Waals surface area contributed by atoms with E-state index in [-0.39, 0.29) is 6.04 Å². The van der Waals surface area contributed by atoms with E-state index >= 15 is 0 Å². The Hall–Kier alpha value is -1.60. The van der Waals surface area contributed by atoms with Gasteiger partial charge in [0.15, 0.2) is 0 Å². The molecule has 2 aromatic rings. The lowest BCUT2D eigenvalue weighted by molar-refractivity contribution is 0.462. The molecular weight excluding hydrogens is 338 g/mol. The topological polar surface area (TPSA) is 26.0 Å². The molecule has 28 heavy (non-hydrogen) atoms. The van der Waals surface area contributed by atoms with Crippen LogP contribution >= 0.6 is 0 Å². The van der Waals surface area contributed by atoms with Crippen molar-refractivity contribution in [1.29, 1.82) is 0 Å². The maximum absolute atomic E-state index is 6.59. The van der Waals surface area contributed by atoms with E-state index in [1.807, 2.05) is 0 Å². The first-order valence-electron chi connectivity index (χ1n) is 11.6. The van der Waals surface area contributed by atoms with E-state index < -0.39 is 0 Å². The highest BCUT2D eigenvalue weighted by molar-refractivity contribution is 5.36. The van der Waals surface area contributed by atoms with Crippen molar-refractivity contribution in [1.82, 2.24) is 0 Å². The van der Waals surface area contributed by atoms with E-state index in [1.54, 1.807) is 0 Å². The molecule has 3 rings (SSSR count). The van der Waals surface area contributed by atoms with Crippen molar-refractivity contribution in [2.75, 3.05) is 0 Å². The summed E-state index contributed by atoms with van der Waals surface area (Å²) >= 11 is 0. The molecular formula is C27H39N. The normalized spacial score (nSPS) is 19.1. The zero-order valence-electron chi connectivity index (χ0n) is 18.0. The fraction of sp³-hybridized carbons (Fsp3) is 0.556. The van der Waals surface area contributed by atoms with Crippen molar-refractivity contribution < 1.29 is 0 Å². The predicted molar refractivity (Wildman–Crippen MR) is 122 cm³/mol. The van der Waals surface area contributed by atoms with Gasteiger partial charge in [0.2, 0.25) is 0 Å². The third kappa shape index (κ3) is 5.70. The van der Waals surface area contributed by atoms with Gasteiger partial charge in [0.1, 0.15) is 0 Å². The van der Waals surface area contributed by atoms with Crippen molar-refractivity contribution in [3.63, 3.8) is 0 Å². The molecule has 0 radical (unpaired) electrons. The molecule has 1 saturated carbocycles. The zero-order chi connectivity index (χ0) is 19.8. The highest BCUT2D eigenvalue weighted by atomic mass is 14.6. The molecule has 2 unspecified atom stereocenters. The second-order valence-corrected chi connectivity index (χ2v) is 8.87. The summed E-state index contributed by atoms with van der Waals surface area (Å²) in [6.45, 7) is 4.53. The molecule has 2 atom stereocenters. The maximum atomic E-state index is 6.59. The summed E-state index contributed by atoms with van der Waals surface area (Å²) in [4.78, 5) is 0. The Bertz CT molecular complexity index is 675. The fourth-order valence-corrected chi connectivity index (χ4v) is 4.58. The van der Waals surface area contributed by atoms with Crippen LogP contribution in [0.4, 0.5) is 0 Å². The SMILES string of the molecule is CCC(C)c1ccc(C(N)c2ccc(C3CCCCCCCCC3)cc2)cc1. The van der Waals surface area contributed by atoms with Crippen LogP contribution in [0.2, 0.25) is 0 Å². The fourth-order valence-electron chi connectivity index (χ4n) is 4.58. The number of rotatable bonds is 5. The first-order chi connectivity index (χ1) is 13.7. The van der Waals surface area contributed by atoms with E-state index in [1.165, 1.54) is 86.5 Å². The quantitative estimate of drug-likeness (QED) is 0.564. The van der Waals surface area contributed by atoms with Crippen LogP contribution in [0.5, 0.6) is 0 Å². The van der Waals surface area contributed by atoms with Crippen LogP contribution in [0.1, 0.15) is 118 Å². The molecule has 152 valence electrons. The average Bonchev–Trinajstić information content (AvgIpc) is 2.76. The van der Waals surface area contributed by atoms with Crippen molar-refractivity contribution >= 4 is 0 Å². The molecule has 1 aliphatic rings. The highest BCUT2D eigenvalue weighted by Gasteiger charge is 2.15. The smallest absolute Gasteiger partial charge is 0.0551 e.